The third-order valence-electron chi connectivity index (χ3n) is 2.66. The van der Waals surface area contributed by atoms with Crippen LogP contribution in [0.2, 0.25) is 0 Å². The number of nitrogens with one attached hydrogen (secondary N) is 2. The summed E-state index contributed by atoms with van der Waals surface area (Å²) in [6.45, 7) is 2.47. The van der Waals surface area contributed by atoms with Gasteiger partial charge in [-0.15, -0.1) is 0 Å². The maximum Gasteiger partial charge on any atom is 0.315 e. The zero-order chi connectivity index (χ0) is 13.7. The predicted octanol–water partition coefficient (Wildman–Crippen LogP) is 2.12. The number of aromatic nitrogens is 1. The molecule has 5 nitrogen and oxygen atoms in total. The second-order valence-corrected chi connectivity index (χ2v) is 4.07. The Morgan fingerprint density at radius 3 is 2.58 bits per heavy atom. The molecule has 2 N–H and O–H groups in total. The van der Waals surface area contributed by atoms with E-state index in [2.05, 4.69) is 15.8 Å². The first-order valence-corrected chi connectivity index (χ1v) is 5.81. The Morgan fingerprint density at radius 1 is 1.26 bits per heavy atom. The van der Waals surface area contributed by atoms with Gasteiger partial charge in [0.2, 0.25) is 0 Å². The van der Waals surface area contributed by atoms with E-state index in [1.54, 1.807) is 25.3 Å². The van der Waals surface area contributed by atoms with Crippen molar-refractivity contribution in [2.24, 2.45) is 0 Å². The normalized spacial score (nSPS) is 10.2. The molecule has 0 aliphatic carbocycles. The maximum absolute atomic E-state index is 12.7. The molecule has 1 aromatic carbocycles. The van der Waals surface area contributed by atoms with Gasteiger partial charge in [-0.25, -0.2) is 9.18 Å². The number of carbonyl (C=O) groups excluding carboxylic acids is 1. The zero-order valence-electron chi connectivity index (χ0n) is 10.4. The number of halogens is 1. The number of carbonyl (C=O) groups is 1. The van der Waals surface area contributed by atoms with Gasteiger partial charge < -0.3 is 15.2 Å². The number of nitrogens with zero attached hydrogens (tertiary/aromatic N) is 1. The fraction of sp³-hybridized carbons (Fsp3) is 0.231. The Bertz CT molecular complexity index is 551. The van der Waals surface area contributed by atoms with E-state index in [4.69, 9.17) is 4.52 Å². The van der Waals surface area contributed by atoms with Crippen molar-refractivity contribution in [3.05, 3.63) is 53.2 Å². The average molecular weight is 263 g/mol. The van der Waals surface area contributed by atoms with Crippen LogP contribution >= 0.6 is 0 Å². The minimum Gasteiger partial charge on any atom is -0.361 e. The van der Waals surface area contributed by atoms with E-state index >= 15 is 0 Å². The molecule has 0 bridgehead atoms. The summed E-state index contributed by atoms with van der Waals surface area (Å²) in [5.41, 5.74) is 1.66. The molecule has 1 aromatic heterocycles. The zero-order valence-corrected chi connectivity index (χ0v) is 10.4. The van der Waals surface area contributed by atoms with Crippen LogP contribution in [0, 0.1) is 12.7 Å². The van der Waals surface area contributed by atoms with Crippen molar-refractivity contribution < 1.29 is 13.7 Å². The van der Waals surface area contributed by atoms with Crippen molar-refractivity contribution in [3.8, 4) is 0 Å². The fourth-order valence-electron chi connectivity index (χ4n) is 1.51. The van der Waals surface area contributed by atoms with E-state index < -0.39 is 0 Å². The first kappa shape index (κ1) is 13.1. The van der Waals surface area contributed by atoms with Crippen LogP contribution in [0.5, 0.6) is 0 Å². The van der Waals surface area contributed by atoms with Crippen LogP contribution in [-0.4, -0.2) is 11.2 Å². The molecule has 2 aromatic rings. The van der Waals surface area contributed by atoms with Crippen molar-refractivity contribution in [3.63, 3.8) is 0 Å². The minimum atomic E-state index is -0.301. The fourth-order valence-corrected chi connectivity index (χ4v) is 1.51. The number of benzene rings is 1. The summed E-state index contributed by atoms with van der Waals surface area (Å²) in [5.74, 6) is 0.384. The van der Waals surface area contributed by atoms with E-state index in [1.165, 1.54) is 12.1 Å². The van der Waals surface area contributed by atoms with Gasteiger partial charge in [0.05, 0.1) is 6.20 Å². The molecule has 0 aliphatic rings. The molecule has 2 amide bonds. The molecule has 0 radical (unpaired) electrons. The third-order valence-corrected chi connectivity index (χ3v) is 2.66. The molecule has 0 atom stereocenters. The van der Waals surface area contributed by atoms with Crippen molar-refractivity contribution >= 4 is 6.03 Å². The molecule has 0 saturated heterocycles. The van der Waals surface area contributed by atoms with Crippen LogP contribution in [0.3, 0.4) is 0 Å². The number of amides is 2. The molecule has 1 heterocycles. The molecule has 0 spiro atoms. The van der Waals surface area contributed by atoms with Crippen LogP contribution in [0.25, 0.3) is 0 Å². The molecular weight excluding hydrogens is 249 g/mol. The highest BCUT2D eigenvalue weighted by Gasteiger charge is 2.05. The highest BCUT2D eigenvalue weighted by atomic mass is 19.1. The number of rotatable bonds is 4. The van der Waals surface area contributed by atoms with E-state index in [-0.39, 0.29) is 11.8 Å². The first-order valence-electron chi connectivity index (χ1n) is 5.81. The molecule has 6 heteroatoms. The van der Waals surface area contributed by atoms with Crippen LogP contribution in [0.4, 0.5) is 9.18 Å². The maximum atomic E-state index is 12.7. The smallest absolute Gasteiger partial charge is 0.315 e. The Labute approximate surface area is 109 Å². The van der Waals surface area contributed by atoms with Crippen LogP contribution < -0.4 is 10.6 Å². The summed E-state index contributed by atoms with van der Waals surface area (Å²) in [6.07, 6.45) is 1.57. The molecule has 0 fully saturated rings. The third kappa shape index (κ3) is 3.80. The van der Waals surface area contributed by atoms with Gasteiger partial charge in [-0.05, 0) is 24.6 Å². The van der Waals surface area contributed by atoms with Crippen LogP contribution in [0.1, 0.15) is 16.9 Å². The quantitative estimate of drug-likeness (QED) is 0.887. The Hall–Kier alpha value is -2.37. The van der Waals surface area contributed by atoms with E-state index in [0.29, 0.717) is 18.8 Å². The summed E-state index contributed by atoms with van der Waals surface area (Å²) in [6, 6.07) is 5.66. The number of hydrogen-bond donors (Lipinski definition) is 2. The minimum absolute atomic E-state index is 0.295. The van der Waals surface area contributed by atoms with E-state index in [0.717, 1.165) is 11.1 Å². The van der Waals surface area contributed by atoms with Gasteiger partial charge in [-0.2, -0.15) is 0 Å². The Morgan fingerprint density at radius 2 is 1.95 bits per heavy atom. The highest BCUT2D eigenvalue weighted by molar-refractivity contribution is 5.73. The van der Waals surface area contributed by atoms with Gasteiger partial charge in [0.15, 0.2) is 0 Å². The Kier molecular flexibility index (Phi) is 4.12. The Balaban J connectivity index is 1.76. The molecule has 0 unspecified atom stereocenters. The topological polar surface area (TPSA) is 67.2 Å². The predicted molar refractivity (Wildman–Crippen MR) is 66.7 cm³/mol. The summed E-state index contributed by atoms with van der Waals surface area (Å²) >= 11 is 0. The van der Waals surface area contributed by atoms with Gasteiger partial charge in [-0.3, -0.25) is 0 Å². The van der Waals surface area contributed by atoms with Gasteiger partial charge in [0.25, 0.3) is 0 Å². The lowest BCUT2D eigenvalue weighted by Gasteiger charge is -2.07. The monoisotopic (exact) mass is 263 g/mol. The van der Waals surface area contributed by atoms with Crippen molar-refractivity contribution in [2.45, 2.75) is 20.0 Å². The molecule has 0 saturated carbocycles. The summed E-state index contributed by atoms with van der Waals surface area (Å²) in [4.78, 5) is 11.5. The standard InChI is InChI=1S/C13H14FN3O2/c1-9-11(8-17-19-9)7-16-13(18)15-6-10-2-4-12(14)5-3-10/h2-5,8H,6-7H2,1H3,(H2,15,16,18). The van der Waals surface area contributed by atoms with Gasteiger partial charge in [0, 0.05) is 18.7 Å². The van der Waals surface area contributed by atoms with Crippen molar-refractivity contribution in [1.29, 1.82) is 0 Å². The van der Waals surface area contributed by atoms with Gasteiger partial charge in [-0.1, -0.05) is 17.3 Å². The van der Waals surface area contributed by atoms with Crippen molar-refractivity contribution in [2.75, 3.05) is 0 Å². The largest absolute Gasteiger partial charge is 0.361 e. The second kappa shape index (κ2) is 5.99. The van der Waals surface area contributed by atoms with Crippen LogP contribution in [0.15, 0.2) is 35.0 Å². The first-order chi connectivity index (χ1) is 9.15. The summed E-state index contributed by atoms with van der Waals surface area (Å²) in [7, 11) is 0. The average Bonchev–Trinajstić information content (AvgIpc) is 2.81. The second-order valence-electron chi connectivity index (χ2n) is 4.07. The number of aryl methyl sites for hydroxylation is 1. The molecule has 100 valence electrons. The number of hydrogen-bond acceptors (Lipinski definition) is 3. The molecule has 19 heavy (non-hydrogen) atoms. The summed E-state index contributed by atoms with van der Waals surface area (Å²) in [5, 5.41) is 8.98. The lowest BCUT2D eigenvalue weighted by molar-refractivity contribution is 0.240. The molecule has 0 aliphatic heterocycles. The van der Waals surface area contributed by atoms with Crippen molar-refractivity contribution in [1.82, 2.24) is 15.8 Å². The van der Waals surface area contributed by atoms with Gasteiger partial charge in [0.1, 0.15) is 11.6 Å². The van der Waals surface area contributed by atoms with E-state index in [1.807, 2.05) is 0 Å². The lowest BCUT2D eigenvalue weighted by atomic mass is 10.2. The van der Waals surface area contributed by atoms with Gasteiger partial charge >= 0.3 is 6.03 Å². The summed E-state index contributed by atoms with van der Waals surface area (Å²) < 4.78 is 17.6. The van der Waals surface area contributed by atoms with Crippen LogP contribution in [-0.2, 0) is 13.1 Å². The van der Waals surface area contributed by atoms with E-state index in [9.17, 15) is 9.18 Å². The molecule has 2 rings (SSSR count). The number of urea groups is 1. The molecular formula is C13H14FN3O2. The highest BCUT2D eigenvalue weighted by Crippen LogP contribution is 2.05. The SMILES string of the molecule is Cc1oncc1CNC(=O)NCc1ccc(F)cc1. The lowest BCUT2D eigenvalue weighted by Crippen LogP contribution is -2.34.